The van der Waals surface area contributed by atoms with Gasteiger partial charge >= 0.3 is 5.97 Å². The van der Waals surface area contributed by atoms with Gasteiger partial charge in [-0.1, -0.05) is 13.0 Å². The third-order valence-corrected chi connectivity index (χ3v) is 4.33. The lowest BCUT2D eigenvalue weighted by molar-refractivity contribution is 0.0599. The van der Waals surface area contributed by atoms with Crippen LogP contribution in [0.15, 0.2) is 41.4 Å². The second-order valence-corrected chi connectivity index (χ2v) is 6.83. The third-order valence-electron chi connectivity index (χ3n) is 3.21. The quantitative estimate of drug-likeness (QED) is 0.781. The van der Waals surface area contributed by atoms with Crippen LogP contribution in [0.25, 0.3) is 0 Å². The number of hydrogen-bond acceptors (Lipinski definition) is 6. The molecule has 2 rings (SSSR count). The van der Waals surface area contributed by atoms with Crippen molar-refractivity contribution in [2.45, 2.75) is 18.2 Å². The van der Waals surface area contributed by atoms with E-state index in [2.05, 4.69) is 4.98 Å². The fraction of sp³-hybridized carbons (Fsp3) is 0.250. The number of carbonyl (C=O) groups excluding carboxylic acids is 1. The Balaban J connectivity index is 2.62. The van der Waals surface area contributed by atoms with Crippen molar-refractivity contribution in [3.8, 4) is 11.6 Å². The van der Waals surface area contributed by atoms with Crippen LogP contribution in [0.3, 0.4) is 0 Å². The normalized spacial score (nSPS) is 11.1. The van der Waals surface area contributed by atoms with Crippen LogP contribution in [0.1, 0.15) is 22.8 Å². The van der Waals surface area contributed by atoms with Gasteiger partial charge in [0.05, 0.1) is 12.7 Å². The molecule has 0 aliphatic heterocycles. The van der Waals surface area contributed by atoms with Gasteiger partial charge in [-0.05, 0) is 30.2 Å². The zero-order chi connectivity index (χ0) is 17.0. The van der Waals surface area contributed by atoms with Gasteiger partial charge < -0.3 is 9.47 Å². The summed E-state index contributed by atoms with van der Waals surface area (Å²) in [5.41, 5.74) is 0.846. The number of aryl methyl sites for hydroxylation is 1. The second kappa shape index (κ2) is 6.78. The zero-order valence-corrected chi connectivity index (χ0v) is 13.9. The molecule has 122 valence electrons. The molecule has 0 bridgehead atoms. The van der Waals surface area contributed by atoms with E-state index in [0.29, 0.717) is 12.0 Å². The maximum Gasteiger partial charge on any atom is 0.338 e. The minimum atomic E-state index is -3.60. The Morgan fingerprint density at radius 2 is 2.00 bits per heavy atom. The van der Waals surface area contributed by atoms with Crippen molar-refractivity contribution in [3.05, 3.63) is 47.7 Å². The highest BCUT2D eigenvalue weighted by Gasteiger charge is 2.22. The fourth-order valence-electron chi connectivity index (χ4n) is 2.08. The number of aromatic nitrogens is 1. The molecule has 1 heterocycles. The van der Waals surface area contributed by atoms with Gasteiger partial charge in [-0.25, -0.2) is 18.2 Å². The van der Waals surface area contributed by atoms with Crippen molar-refractivity contribution >= 4 is 15.8 Å². The average molecular weight is 335 g/mol. The maximum absolute atomic E-state index is 12.1. The summed E-state index contributed by atoms with van der Waals surface area (Å²) in [7, 11) is -2.35. The van der Waals surface area contributed by atoms with Crippen LogP contribution in [0.4, 0.5) is 0 Å². The monoisotopic (exact) mass is 335 g/mol. The lowest BCUT2D eigenvalue weighted by atomic mass is 10.0. The first-order chi connectivity index (χ1) is 10.9. The molecule has 0 aliphatic carbocycles. The highest BCUT2D eigenvalue weighted by atomic mass is 32.2. The van der Waals surface area contributed by atoms with E-state index in [-0.39, 0.29) is 22.1 Å². The Bertz CT molecular complexity index is 816. The molecule has 0 spiro atoms. The smallest absolute Gasteiger partial charge is 0.338 e. The van der Waals surface area contributed by atoms with Crippen LogP contribution < -0.4 is 4.74 Å². The molecule has 2 aromatic rings. The lowest BCUT2D eigenvalue weighted by Gasteiger charge is -2.14. The first-order valence-corrected chi connectivity index (χ1v) is 8.80. The molecule has 0 unspecified atom stereocenters. The van der Waals surface area contributed by atoms with Crippen molar-refractivity contribution in [1.29, 1.82) is 0 Å². The van der Waals surface area contributed by atoms with E-state index >= 15 is 0 Å². The highest BCUT2D eigenvalue weighted by Crippen LogP contribution is 2.31. The van der Waals surface area contributed by atoms with Gasteiger partial charge in [0.25, 0.3) is 0 Å². The van der Waals surface area contributed by atoms with Crippen LogP contribution in [0.2, 0.25) is 0 Å². The van der Waals surface area contributed by atoms with Crippen LogP contribution >= 0.6 is 0 Å². The number of hydrogen-bond donors (Lipinski definition) is 0. The summed E-state index contributed by atoms with van der Waals surface area (Å²) in [5, 5.41) is 0. The van der Waals surface area contributed by atoms with Gasteiger partial charge in [0, 0.05) is 18.5 Å². The molecule has 1 aromatic carbocycles. The Morgan fingerprint density at radius 1 is 1.26 bits per heavy atom. The molecule has 0 saturated heterocycles. The van der Waals surface area contributed by atoms with Crippen LogP contribution in [-0.4, -0.2) is 32.7 Å². The van der Waals surface area contributed by atoms with Gasteiger partial charge in [0.2, 0.25) is 5.88 Å². The topological polar surface area (TPSA) is 82.6 Å². The van der Waals surface area contributed by atoms with Gasteiger partial charge in [-0.2, -0.15) is 0 Å². The largest absolute Gasteiger partial charge is 0.465 e. The molecule has 6 nitrogen and oxygen atoms in total. The minimum Gasteiger partial charge on any atom is -0.465 e. The van der Waals surface area contributed by atoms with E-state index in [1.54, 1.807) is 24.4 Å². The summed E-state index contributed by atoms with van der Waals surface area (Å²) < 4.78 is 34.4. The predicted molar refractivity (Wildman–Crippen MR) is 84.6 cm³/mol. The van der Waals surface area contributed by atoms with Crippen LogP contribution in [0, 0.1) is 0 Å². The molecule has 0 fully saturated rings. The van der Waals surface area contributed by atoms with E-state index in [9.17, 15) is 13.2 Å². The molecule has 0 saturated carbocycles. The summed E-state index contributed by atoms with van der Waals surface area (Å²) in [6.07, 6.45) is 3.12. The number of sulfone groups is 1. The number of nitrogens with zero attached hydrogens (tertiary/aromatic N) is 1. The molecule has 0 N–H and O–H groups in total. The number of benzene rings is 1. The molecular formula is C16H17NO5S. The standard InChI is InChI=1S/C16H17NO5S/c1-4-11-9-13(22-15-7-5-6-8-17-15)14(23(3,19)20)10-12(11)16(18)21-2/h5-10H,4H2,1-3H3. The summed E-state index contributed by atoms with van der Waals surface area (Å²) in [4.78, 5) is 15.8. The summed E-state index contributed by atoms with van der Waals surface area (Å²) in [6, 6.07) is 7.90. The maximum atomic E-state index is 12.1. The Kier molecular flexibility index (Phi) is 5.00. The summed E-state index contributed by atoms with van der Waals surface area (Å²) >= 11 is 0. The minimum absolute atomic E-state index is 0.0826. The third kappa shape index (κ3) is 3.87. The lowest BCUT2D eigenvalue weighted by Crippen LogP contribution is -2.09. The molecule has 0 aliphatic rings. The highest BCUT2D eigenvalue weighted by molar-refractivity contribution is 7.90. The molecular weight excluding hydrogens is 318 g/mol. The number of carbonyl (C=O) groups is 1. The predicted octanol–water partition coefficient (Wildman–Crippen LogP) is 2.63. The van der Waals surface area contributed by atoms with Gasteiger partial charge in [-0.3, -0.25) is 0 Å². The summed E-state index contributed by atoms with van der Waals surface area (Å²) in [6.45, 7) is 1.85. The van der Waals surface area contributed by atoms with Crippen molar-refractivity contribution in [2.75, 3.05) is 13.4 Å². The van der Waals surface area contributed by atoms with Crippen molar-refractivity contribution in [3.63, 3.8) is 0 Å². The first-order valence-electron chi connectivity index (χ1n) is 6.91. The molecule has 23 heavy (non-hydrogen) atoms. The number of pyridine rings is 1. The second-order valence-electron chi connectivity index (χ2n) is 4.84. The van der Waals surface area contributed by atoms with Gasteiger partial charge in [0.1, 0.15) is 10.6 Å². The summed E-state index contributed by atoms with van der Waals surface area (Å²) in [5.74, 6) is -0.183. The molecule has 0 radical (unpaired) electrons. The number of ether oxygens (including phenoxy) is 2. The van der Waals surface area contributed by atoms with E-state index in [1.807, 2.05) is 6.92 Å². The SMILES string of the molecule is CCc1cc(Oc2ccccn2)c(S(C)(=O)=O)cc1C(=O)OC. The van der Waals surface area contributed by atoms with Gasteiger partial charge in [0.15, 0.2) is 9.84 Å². The van der Waals surface area contributed by atoms with Crippen molar-refractivity contribution in [2.24, 2.45) is 0 Å². The van der Waals surface area contributed by atoms with Gasteiger partial charge in [-0.15, -0.1) is 0 Å². The average Bonchev–Trinajstić information content (AvgIpc) is 2.53. The van der Waals surface area contributed by atoms with Crippen molar-refractivity contribution < 1.29 is 22.7 Å². The van der Waals surface area contributed by atoms with Crippen LogP contribution in [-0.2, 0) is 21.0 Å². The van der Waals surface area contributed by atoms with E-state index in [4.69, 9.17) is 9.47 Å². The van der Waals surface area contributed by atoms with E-state index in [0.717, 1.165) is 6.26 Å². The Morgan fingerprint density at radius 3 is 2.52 bits per heavy atom. The fourth-order valence-corrected chi connectivity index (χ4v) is 2.88. The number of rotatable bonds is 5. The number of esters is 1. The zero-order valence-electron chi connectivity index (χ0n) is 13.1. The molecule has 1 aromatic heterocycles. The Labute approximate surface area is 135 Å². The van der Waals surface area contributed by atoms with Crippen molar-refractivity contribution in [1.82, 2.24) is 4.98 Å². The van der Waals surface area contributed by atoms with E-state index in [1.165, 1.54) is 19.2 Å². The van der Waals surface area contributed by atoms with Crippen LogP contribution in [0.5, 0.6) is 11.6 Å². The Hall–Kier alpha value is -2.41. The van der Waals surface area contributed by atoms with E-state index < -0.39 is 15.8 Å². The number of methoxy groups -OCH3 is 1. The first kappa shape index (κ1) is 17.0. The molecule has 7 heteroatoms. The molecule has 0 atom stereocenters. The molecule has 0 amide bonds.